The van der Waals surface area contributed by atoms with Gasteiger partial charge in [-0.2, -0.15) is 18.4 Å². The quantitative estimate of drug-likeness (QED) is 0.408. The van der Waals surface area contributed by atoms with Gasteiger partial charge in [0, 0.05) is 6.54 Å². The third-order valence-electron chi connectivity index (χ3n) is 4.04. The van der Waals surface area contributed by atoms with Crippen molar-refractivity contribution < 1.29 is 22.8 Å². The highest BCUT2D eigenvalue weighted by Crippen LogP contribution is 2.35. The zero-order valence-electron chi connectivity index (χ0n) is 15.8. The van der Waals surface area contributed by atoms with E-state index in [1.54, 1.807) is 17.5 Å². The molecule has 3 aromatic rings. The second-order valence-corrected chi connectivity index (χ2v) is 8.12. The SMILES string of the molecule is N#Cc1cc(C(=O)c2cccs2)c(C(F)(F)F)nc1SCC(=O)NCc1ccccc1. The van der Waals surface area contributed by atoms with Crippen LogP contribution >= 0.6 is 23.1 Å². The molecule has 158 valence electrons. The van der Waals surface area contributed by atoms with Crippen molar-refractivity contribution in [2.24, 2.45) is 0 Å². The van der Waals surface area contributed by atoms with Gasteiger partial charge in [-0.15, -0.1) is 11.3 Å². The Hall–Kier alpha value is -3.16. The van der Waals surface area contributed by atoms with Crippen LogP contribution in [-0.4, -0.2) is 22.4 Å². The van der Waals surface area contributed by atoms with Gasteiger partial charge < -0.3 is 5.32 Å². The number of hydrogen-bond acceptors (Lipinski definition) is 6. The summed E-state index contributed by atoms with van der Waals surface area (Å²) in [5.41, 5.74) is -1.40. The molecule has 0 radical (unpaired) electrons. The van der Waals surface area contributed by atoms with Crippen LogP contribution in [0.15, 0.2) is 58.9 Å². The first-order valence-corrected chi connectivity index (χ1v) is 10.7. The lowest BCUT2D eigenvalue weighted by Gasteiger charge is -2.13. The highest BCUT2D eigenvalue weighted by molar-refractivity contribution is 8.00. The molecule has 1 amide bonds. The van der Waals surface area contributed by atoms with E-state index in [-0.39, 0.29) is 27.8 Å². The van der Waals surface area contributed by atoms with Crippen molar-refractivity contribution in [1.82, 2.24) is 10.3 Å². The molecule has 31 heavy (non-hydrogen) atoms. The highest BCUT2D eigenvalue weighted by atomic mass is 32.2. The predicted octanol–water partition coefficient (Wildman–Crippen LogP) is 4.67. The van der Waals surface area contributed by atoms with E-state index in [2.05, 4.69) is 10.3 Å². The number of aromatic nitrogens is 1. The van der Waals surface area contributed by atoms with Gasteiger partial charge >= 0.3 is 6.18 Å². The summed E-state index contributed by atoms with van der Waals surface area (Å²) >= 11 is 1.70. The van der Waals surface area contributed by atoms with Gasteiger partial charge in [0.15, 0.2) is 5.69 Å². The fourth-order valence-corrected chi connectivity index (χ4v) is 4.06. The molecule has 0 aliphatic carbocycles. The maximum Gasteiger partial charge on any atom is 0.434 e. The zero-order valence-corrected chi connectivity index (χ0v) is 17.4. The number of amides is 1. The van der Waals surface area contributed by atoms with Crippen molar-refractivity contribution >= 4 is 34.8 Å². The van der Waals surface area contributed by atoms with Gasteiger partial charge in [0.2, 0.25) is 11.7 Å². The number of ketones is 1. The van der Waals surface area contributed by atoms with Crippen LogP contribution in [0.4, 0.5) is 13.2 Å². The summed E-state index contributed by atoms with van der Waals surface area (Å²) in [5, 5.41) is 13.3. The minimum Gasteiger partial charge on any atom is -0.351 e. The van der Waals surface area contributed by atoms with E-state index in [1.165, 1.54) is 6.07 Å². The van der Waals surface area contributed by atoms with Gasteiger partial charge in [0.05, 0.1) is 21.8 Å². The number of nitrogens with zero attached hydrogens (tertiary/aromatic N) is 2. The third-order valence-corrected chi connectivity index (χ3v) is 5.90. The largest absolute Gasteiger partial charge is 0.434 e. The van der Waals surface area contributed by atoms with Crippen LogP contribution in [0.25, 0.3) is 0 Å². The van der Waals surface area contributed by atoms with Gasteiger partial charge in [0.25, 0.3) is 0 Å². The number of hydrogen-bond donors (Lipinski definition) is 1. The Morgan fingerprint density at radius 3 is 2.52 bits per heavy atom. The van der Waals surface area contributed by atoms with Crippen molar-refractivity contribution in [1.29, 1.82) is 5.26 Å². The monoisotopic (exact) mass is 461 g/mol. The number of benzene rings is 1. The van der Waals surface area contributed by atoms with E-state index in [9.17, 15) is 28.0 Å². The number of halogens is 3. The number of thioether (sulfide) groups is 1. The summed E-state index contributed by atoms with van der Waals surface area (Å²) in [4.78, 5) is 28.3. The molecule has 0 saturated heterocycles. The fourth-order valence-electron chi connectivity index (χ4n) is 2.60. The zero-order chi connectivity index (χ0) is 22.4. The summed E-state index contributed by atoms with van der Waals surface area (Å²) in [6, 6.07) is 14.7. The van der Waals surface area contributed by atoms with E-state index in [0.29, 0.717) is 11.8 Å². The first-order valence-electron chi connectivity index (χ1n) is 8.83. The smallest absolute Gasteiger partial charge is 0.351 e. The number of alkyl halides is 3. The Bertz CT molecular complexity index is 1130. The van der Waals surface area contributed by atoms with E-state index in [1.807, 2.05) is 30.3 Å². The van der Waals surface area contributed by atoms with E-state index in [0.717, 1.165) is 23.0 Å². The Morgan fingerprint density at radius 2 is 1.90 bits per heavy atom. The second kappa shape index (κ2) is 9.76. The van der Waals surface area contributed by atoms with Crippen molar-refractivity contribution in [3.05, 3.63) is 81.2 Å². The summed E-state index contributed by atoms with van der Waals surface area (Å²) in [7, 11) is 0. The first kappa shape index (κ1) is 22.5. The molecule has 2 aromatic heterocycles. The van der Waals surface area contributed by atoms with E-state index >= 15 is 0 Å². The predicted molar refractivity (Wildman–Crippen MR) is 111 cm³/mol. The number of carbonyl (C=O) groups excluding carboxylic acids is 2. The topological polar surface area (TPSA) is 82.8 Å². The molecule has 1 aromatic carbocycles. The third kappa shape index (κ3) is 5.71. The maximum atomic E-state index is 13.6. The van der Waals surface area contributed by atoms with Crippen molar-refractivity contribution in [2.45, 2.75) is 17.7 Å². The van der Waals surface area contributed by atoms with Crippen molar-refractivity contribution in [3.8, 4) is 6.07 Å². The molecule has 0 unspecified atom stereocenters. The molecular weight excluding hydrogens is 447 g/mol. The number of carbonyl (C=O) groups is 2. The van der Waals surface area contributed by atoms with Crippen LogP contribution in [0.3, 0.4) is 0 Å². The van der Waals surface area contributed by atoms with Gasteiger partial charge in [-0.05, 0) is 23.1 Å². The Morgan fingerprint density at radius 1 is 1.16 bits per heavy atom. The first-order chi connectivity index (χ1) is 14.8. The average Bonchev–Trinajstić information content (AvgIpc) is 3.30. The molecule has 0 bridgehead atoms. The summed E-state index contributed by atoms with van der Waals surface area (Å²) in [5.74, 6) is -1.51. The second-order valence-electron chi connectivity index (χ2n) is 6.20. The standard InChI is InChI=1S/C21H14F3N3O2S2/c22-21(23,24)19-15(18(29)16-7-4-8-30-16)9-14(10-25)20(27-19)31-12-17(28)26-11-13-5-2-1-3-6-13/h1-9H,11-12H2,(H,26,28). The number of nitrogens with one attached hydrogen (secondary N) is 1. The van der Waals surface area contributed by atoms with E-state index < -0.39 is 29.1 Å². The summed E-state index contributed by atoms with van der Waals surface area (Å²) < 4.78 is 40.8. The molecule has 10 heteroatoms. The minimum atomic E-state index is -4.90. The Balaban J connectivity index is 1.81. The molecule has 3 rings (SSSR count). The molecule has 0 spiro atoms. The normalized spacial score (nSPS) is 11.0. The number of nitriles is 1. The molecule has 2 heterocycles. The molecule has 0 atom stereocenters. The fraction of sp³-hybridized carbons (Fsp3) is 0.143. The van der Waals surface area contributed by atoms with Crippen LogP contribution < -0.4 is 5.32 Å². The molecule has 5 nitrogen and oxygen atoms in total. The molecule has 1 N–H and O–H groups in total. The van der Waals surface area contributed by atoms with E-state index in [4.69, 9.17) is 0 Å². The molecule has 0 aliphatic rings. The molecule has 0 aliphatic heterocycles. The molecule has 0 fully saturated rings. The summed E-state index contributed by atoms with van der Waals surface area (Å²) in [6.07, 6.45) is -4.90. The van der Waals surface area contributed by atoms with Gasteiger partial charge in [-0.3, -0.25) is 9.59 Å². The van der Waals surface area contributed by atoms with Gasteiger partial charge in [-0.1, -0.05) is 48.2 Å². The van der Waals surface area contributed by atoms with Gasteiger partial charge in [0.1, 0.15) is 11.1 Å². The number of rotatable bonds is 7. The molecule has 0 saturated carbocycles. The van der Waals surface area contributed by atoms with Crippen molar-refractivity contribution in [2.75, 3.05) is 5.75 Å². The number of thiophene rings is 1. The van der Waals surface area contributed by atoms with Crippen LogP contribution in [0, 0.1) is 11.3 Å². The lowest BCUT2D eigenvalue weighted by molar-refractivity contribution is -0.141. The Labute approximate surface area is 183 Å². The van der Waals surface area contributed by atoms with Crippen LogP contribution in [0.2, 0.25) is 0 Å². The Kier molecular flexibility index (Phi) is 7.09. The van der Waals surface area contributed by atoms with Crippen LogP contribution in [0.1, 0.15) is 32.1 Å². The average molecular weight is 461 g/mol. The summed E-state index contributed by atoms with van der Waals surface area (Å²) in [6.45, 7) is 0.265. The highest BCUT2D eigenvalue weighted by Gasteiger charge is 2.38. The number of pyridine rings is 1. The van der Waals surface area contributed by atoms with Crippen molar-refractivity contribution in [3.63, 3.8) is 0 Å². The van der Waals surface area contributed by atoms with Gasteiger partial charge in [-0.25, -0.2) is 4.98 Å². The van der Waals surface area contributed by atoms with Crippen LogP contribution in [0.5, 0.6) is 0 Å². The lowest BCUT2D eigenvalue weighted by Crippen LogP contribution is -2.24. The maximum absolute atomic E-state index is 13.6. The minimum absolute atomic E-state index is 0.108. The lowest BCUT2D eigenvalue weighted by atomic mass is 10.1. The molecular formula is C21H14F3N3O2S2. The van der Waals surface area contributed by atoms with Crippen LogP contribution in [-0.2, 0) is 17.5 Å².